The fourth-order valence-electron chi connectivity index (χ4n) is 1.64. The van der Waals surface area contributed by atoms with Crippen molar-refractivity contribution in [2.45, 2.75) is 39.2 Å². The van der Waals surface area contributed by atoms with Crippen molar-refractivity contribution < 1.29 is 9.53 Å². The van der Waals surface area contributed by atoms with Crippen molar-refractivity contribution >= 4 is 5.97 Å². The minimum Gasteiger partial charge on any atom is -0.462 e. The second-order valence-corrected chi connectivity index (χ2v) is 3.71. The van der Waals surface area contributed by atoms with Crippen LogP contribution in [0.1, 0.15) is 32.3 Å². The zero-order valence-corrected chi connectivity index (χ0v) is 9.40. The van der Waals surface area contributed by atoms with Gasteiger partial charge < -0.3 is 4.74 Å². The van der Waals surface area contributed by atoms with Crippen molar-refractivity contribution in [2.24, 2.45) is 0 Å². The Kier molecular flexibility index (Phi) is 4.88. The molecule has 0 aliphatic carbocycles. The molecule has 1 atom stereocenters. The van der Waals surface area contributed by atoms with E-state index in [-0.39, 0.29) is 12.1 Å². The zero-order chi connectivity index (χ0) is 11.1. The Labute approximate surface area is 91.3 Å². The van der Waals surface area contributed by atoms with Crippen LogP contribution in [0.2, 0.25) is 0 Å². The highest BCUT2D eigenvalue weighted by atomic mass is 16.5. The maximum Gasteiger partial charge on any atom is 0.302 e. The van der Waals surface area contributed by atoms with Crippen LogP contribution in [0.3, 0.4) is 0 Å². The molecule has 0 aliphatic rings. The minimum absolute atomic E-state index is 0.0231. The van der Waals surface area contributed by atoms with Gasteiger partial charge in [-0.3, -0.25) is 4.79 Å². The van der Waals surface area contributed by atoms with Gasteiger partial charge in [0.05, 0.1) is 0 Å². The van der Waals surface area contributed by atoms with Crippen molar-refractivity contribution in [2.75, 3.05) is 0 Å². The van der Waals surface area contributed by atoms with Crippen molar-refractivity contribution in [1.29, 1.82) is 0 Å². The first kappa shape index (κ1) is 11.8. The summed E-state index contributed by atoms with van der Waals surface area (Å²) in [6, 6.07) is 10.1. The lowest BCUT2D eigenvalue weighted by molar-refractivity contribution is -0.146. The molecule has 0 fully saturated rings. The van der Waals surface area contributed by atoms with Crippen LogP contribution < -0.4 is 0 Å². The highest BCUT2D eigenvalue weighted by molar-refractivity contribution is 5.66. The fraction of sp³-hybridized carbons (Fsp3) is 0.462. The first-order valence-corrected chi connectivity index (χ1v) is 5.43. The Bertz CT molecular complexity index is 293. The minimum atomic E-state index is -0.190. The number of hydrogen-bond donors (Lipinski definition) is 0. The number of carbonyl (C=O) groups is 1. The largest absolute Gasteiger partial charge is 0.462 e. The van der Waals surface area contributed by atoms with E-state index in [1.165, 1.54) is 12.5 Å². The Balaban J connectivity index is 2.54. The van der Waals surface area contributed by atoms with Gasteiger partial charge in [0.15, 0.2) is 0 Å². The highest BCUT2D eigenvalue weighted by Crippen LogP contribution is 2.10. The number of carbonyl (C=O) groups excluding carboxylic acids is 1. The molecule has 0 amide bonds. The number of esters is 1. The second kappa shape index (κ2) is 6.23. The predicted octanol–water partition coefficient (Wildman–Crippen LogP) is 2.96. The van der Waals surface area contributed by atoms with Crippen LogP contribution in [0.5, 0.6) is 0 Å². The van der Waals surface area contributed by atoms with Crippen LogP contribution >= 0.6 is 0 Å². The standard InChI is InChI=1S/C13H18O2/c1-3-7-13(15-11(2)14)10-12-8-5-4-6-9-12/h4-6,8-9,13H,3,7,10H2,1-2H3/t13-/m0/s1. The van der Waals surface area contributed by atoms with Crippen LogP contribution in [-0.2, 0) is 16.0 Å². The Morgan fingerprint density at radius 3 is 2.53 bits per heavy atom. The lowest BCUT2D eigenvalue weighted by atomic mass is 10.0. The van der Waals surface area contributed by atoms with Gasteiger partial charge in [0.2, 0.25) is 0 Å². The molecule has 1 aromatic carbocycles. The molecule has 0 aromatic heterocycles. The van der Waals surface area contributed by atoms with E-state index in [0.717, 1.165) is 19.3 Å². The maximum absolute atomic E-state index is 10.9. The van der Waals surface area contributed by atoms with Gasteiger partial charge in [0.1, 0.15) is 6.10 Å². The van der Waals surface area contributed by atoms with Crippen LogP contribution in [0.4, 0.5) is 0 Å². The molecule has 2 nitrogen and oxygen atoms in total. The van der Waals surface area contributed by atoms with E-state index in [1.54, 1.807) is 0 Å². The van der Waals surface area contributed by atoms with Gasteiger partial charge in [-0.05, 0) is 12.0 Å². The monoisotopic (exact) mass is 206 g/mol. The molecular weight excluding hydrogens is 188 g/mol. The molecule has 0 N–H and O–H groups in total. The molecule has 0 heterocycles. The van der Waals surface area contributed by atoms with E-state index in [4.69, 9.17) is 4.74 Å². The normalized spacial score (nSPS) is 12.1. The smallest absolute Gasteiger partial charge is 0.302 e. The number of hydrogen-bond acceptors (Lipinski definition) is 2. The molecular formula is C13H18O2. The Morgan fingerprint density at radius 2 is 2.00 bits per heavy atom. The molecule has 15 heavy (non-hydrogen) atoms. The lowest BCUT2D eigenvalue weighted by Gasteiger charge is -2.16. The van der Waals surface area contributed by atoms with Crippen LogP contribution in [-0.4, -0.2) is 12.1 Å². The van der Waals surface area contributed by atoms with Crippen LogP contribution in [0.15, 0.2) is 30.3 Å². The predicted molar refractivity (Wildman–Crippen MR) is 60.6 cm³/mol. The van der Waals surface area contributed by atoms with E-state index in [9.17, 15) is 4.79 Å². The van der Waals surface area contributed by atoms with Gasteiger partial charge in [-0.2, -0.15) is 0 Å². The van der Waals surface area contributed by atoms with Gasteiger partial charge >= 0.3 is 5.97 Å². The van der Waals surface area contributed by atoms with Gasteiger partial charge in [-0.1, -0.05) is 43.7 Å². The first-order chi connectivity index (χ1) is 7.22. The van der Waals surface area contributed by atoms with Gasteiger partial charge in [0.25, 0.3) is 0 Å². The third kappa shape index (κ3) is 4.63. The van der Waals surface area contributed by atoms with Crippen LogP contribution in [0, 0.1) is 0 Å². The third-order valence-electron chi connectivity index (χ3n) is 2.25. The maximum atomic E-state index is 10.9. The second-order valence-electron chi connectivity index (χ2n) is 3.71. The number of benzene rings is 1. The van der Waals surface area contributed by atoms with Crippen molar-refractivity contribution in [3.05, 3.63) is 35.9 Å². The summed E-state index contributed by atoms with van der Waals surface area (Å²) in [6.45, 7) is 3.56. The van der Waals surface area contributed by atoms with Gasteiger partial charge in [-0.25, -0.2) is 0 Å². The molecule has 0 saturated heterocycles. The summed E-state index contributed by atoms with van der Waals surface area (Å²) in [5.74, 6) is -0.190. The summed E-state index contributed by atoms with van der Waals surface area (Å²) in [5, 5.41) is 0. The zero-order valence-electron chi connectivity index (χ0n) is 9.40. The number of rotatable bonds is 5. The summed E-state index contributed by atoms with van der Waals surface area (Å²) >= 11 is 0. The van der Waals surface area contributed by atoms with Gasteiger partial charge in [-0.15, -0.1) is 0 Å². The summed E-state index contributed by atoms with van der Waals surface area (Å²) in [4.78, 5) is 10.9. The Morgan fingerprint density at radius 1 is 1.33 bits per heavy atom. The van der Waals surface area contributed by atoms with Crippen LogP contribution in [0.25, 0.3) is 0 Å². The van der Waals surface area contributed by atoms with Crippen molar-refractivity contribution in [1.82, 2.24) is 0 Å². The summed E-state index contributed by atoms with van der Waals surface area (Å²) in [6.07, 6.45) is 2.79. The molecule has 2 heteroatoms. The van der Waals surface area contributed by atoms with E-state index >= 15 is 0 Å². The summed E-state index contributed by atoms with van der Waals surface area (Å²) in [5.41, 5.74) is 1.22. The molecule has 0 spiro atoms. The molecule has 82 valence electrons. The number of ether oxygens (including phenoxy) is 1. The Hall–Kier alpha value is -1.31. The summed E-state index contributed by atoms with van der Waals surface area (Å²) in [7, 11) is 0. The molecule has 0 saturated carbocycles. The van der Waals surface area contributed by atoms with E-state index in [2.05, 4.69) is 19.1 Å². The fourth-order valence-corrected chi connectivity index (χ4v) is 1.64. The first-order valence-electron chi connectivity index (χ1n) is 5.43. The molecule has 0 radical (unpaired) electrons. The molecule has 0 unspecified atom stereocenters. The lowest BCUT2D eigenvalue weighted by Crippen LogP contribution is -2.18. The van der Waals surface area contributed by atoms with Gasteiger partial charge in [0, 0.05) is 13.3 Å². The molecule has 1 aromatic rings. The van der Waals surface area contributed by atoms with E-state index in [1.807, 2.05) is 18.2 Å². The van der Waals surface area contributed by atoms with Crippen molar-refractivity contribution in [3.63, 3.8) is 0 Å². The average molecular weight is 206 g/mol. The molecule has 1 rings (SSSR count). The quantitative estimate of drug-likeness (QED) is 0.692. The third-order valence-corrected chi connectivity index (χ3v) is 2.25. The SMILES string of the molecule is CCC[C@@H](Cc1ccccc1)OC(C)=O. The van der Waals surface area contributed by atoms with Crippen molar-refractivity contribution in [3.8, 4) is 0 Å². The average Bonchev–Trinajstić information content (AvgIpc) is 2.18. The van der Waals surface area contributed by atoms with E-state index in [0.29, 0.717) is 0 Å². The summed E-state index contributed by atoms with van der Waals surface area (Å²) < 4.78 is 5.26. The highest BCUT2D eigenvalue weighted by Gasteiger charge is 2.11. The van der Waals surface area contributed by atoms with E-state index < -0.39 is 0 Å². The molecule has 0 bridgehead atoms. The topological polar surface area (TPSA) is 26.3 Å². The molecule has 0 aliphatic heterocycles.